The Bertz CT molecular complexity index is 613. The average molecular weight is 329 g/mol. The number of aliphatic hydroxyl groups is 1. The molecular weight excluding hydrogens is 302 g/mol. The topological polar surface area (TPSA) is 90.4 Å². The largest absolute Gasteiger partial charge is 0.396 e. The molecule has 6 fully saturated rings. The highest BCUT2D eigenvalue weighted by atomic mass is 16.3. The van der Waals surface area contributed by atoms with E-state index >= 15 is 0 Å². The third-order valence-corrected chi connectivity index (χ3v) is 8.00. The number of hydrogen-bond donors (Lipinski definition) is 2. The van der Waals surface area contributed by atoms with Gasteiger partial charge in [0.1, 0.15) is 6.04 Å². The molecule has 6 rings (SSSR count). The van der Waals surface area contributed by atoms with Crippen LogP contribution in [0.25, 0.3) is 0 Å². The van der Waals surface area contributed by atoms with Crippen molar-refractivity contribution in [2.45, 2.75) is 69.5 Å². The maximum Gasteiger partial charge on any atom is 0.241 e. The van der Waals surface area contributed by atoms with Gasteiger partial charge in [0.15, 0.2) is 0 Å². The van der Waals surface area contributed by atoms with Gasteiger partial charge in [-0.3, -0.25) is 4.79 Å². The van der Waals surface area contributed by atoms with Gasteiger partial charge in [-0.15, -0.1) is 0 Å². The monoisotopic (exact) mass is 329 g/mol. The van der Waals surface area contributed by atoms with Gasteiger partial charge in [-0.2, -0.15) is 5.26 Å². The molecule has 0 spiro atoms. The third kappa shape index (κ3) is 1.90. The molecule has 24 heavy (non-hydrogen) atoms. The average Bonchev–Trinajstić information content (AvgIpc) is 3.22. The van der Waals surface area contributed by atoms with Gasteiger partial charge < -0.3 is 15.7 Å². The summed E-state index contributed by atoms with van der Waals surface area (Å²) in [5, 5.41) is 19.4. The number of nitrogens with zero attached hydrogens (tertiary/aromatic N) is 2. The zero-order chi connectivity index (χ0) is 16.7. The number of nitrogens with two attached hydrogens (primary N) is 1. The molecule has 5 nitrogen and oxygen atoms in total. The molecule has 5 saturated carbocycles. The Kier molecular flexibility index (Phi) is 2.99. The number of aliphatic hydroxyl groups excluding tert-OH is 1. The molecule has 5 aliphatic carbocycles. The zero-order valence-corrected chi connectivity index (χ0v) is 14.2. The van der Waals surface area contributed by atoms with Crippen molar-refractivity contribution >= 4 is 5.91 Å². The maximum absolute atomic E-state index is 13.2. The van der Waals surface area contributed by atoms with Gasteiger partial charge in [-0.05, 0) is 80.0 Å². The number of amides is 1. The Morgan fingerprint density at radius 2 is 1.96 bits per heavy atom. The van der Waals surface area contributed by atoms with E-state index in [1.54, 1.807) is 0 Å². The van der Waals surface area contributed by atoms with Crippen molar-refractivity contribution < 1.29 is 9.90 Å². The Labute approximate surface area is 143 Å². The van der Waals surface area contributed by atoms with E-state index < -0.39 is 6.04 Å². The van der Waals surface area contributed by atoms with Crippen LogP contribution < -0.4 is 5.73 Å². The molecular formula is C19H27N3O2. The van der Waals surface area contributed by atoms with Crippen LogP contribution in [-0.2, 0) is 4.79 Å². The quantitative estimate of drug-likeness (QED) is 0.819. The fourth-order valence-electron chi connectivity index (χ4n) is 7.39. The predicted octanol–water partition coefficient (Wildman–Crippen LogP) is 1.41. The van der Waals surface area contributed by atoms with Gasteiger partial charge in [0.25, 0.3) is 0 Å². The first kappa shape index (κ1) is 15.2. The second kappa shape index (κ2) is 4.74. The molecule has 6 aliphatic rings. The highest BCUT2D eigenvalue weighted by molar-refractivity contribution is 5.84. The third-order valence-electron chi connectivity index (χ3n) is 8.00. The number of piperidine rings is 1. The minimum atomic E-state index is -0.496. The van der Waals surface area contributed by atoms with E-state index in [1.807, 2.05) is 4.90 Å². The standard InChI is InChI=1S/C19H27N3O2/c20-8-14-2-13-3-15(13)22(14)17(24)16(21)19-6-11-1-12(7-19)5-18(4-11,9-19)10-23/h11-16,23H,1-7,9-10,21H2/t11?,12?,13-,14+,15+,16-,18?,19?/m1/s1. The van der Waals surface area contributed by atoms with Crippen LogP contribution in [0.4, 0.5) is 0 Å². The van der Waals surface area contributed by atoms with Crippen molar-refractivity contribution in [1.82, 2.24) is 4.90 Å². The van der Waals surface area contributed by atoms with Crippen LogP contribution in [0.5, 0.6) is 0 Å². The van der Waals surface area contributed by atoms with Crippen LogP contribution in [0.1, 0.15) is 51.4 Å². The van der Waals surface area contributed by atoms with E-state index in [0.717, 1.165) is 44.9 Å². The van der Waals surface area contributed by atoms with Gasteiger partial charge in [0.05, 0.1) is 12.1 Å². The molecule has 0 radical (unpaired) electrons. The second-order valence-electron chi connectivity index (χ2n) is 9.65. The van der Waals surface area contributed by atoms with Gasteiger partial charge in [0, 0.05) is 12.6 Å². The molecule has 6 atom stereocenters. The van der Waals surface area contributed by atoms with Gasteiger partial charge in [-0.25, -0.2) is 0 Å². The molecule has 1 aliphatic heterocycles. The number of rotatable bonds is 3. The second-order valence-corrected chi connectivity index (χ2v) is 9.65. The van der Waals surface area contributed by atoms with Crippen LogP contribution in [0, 0.1) is 39.9 Å². The number of carbonyl (C=O) groups excluding carboxylic acids is 1. The van der Waals surface area contributed by atoms with Crippen molar-refractivity contribution in [2.24, 2.45) is 34.3 Å². The van der Waals surface area contributed by atoms with E-state index in [1.165, 1.54) is 6.42 Å². The number of nitriles is 1. The number of likely N-dealkylation sites (tertiary alicyclic amines) is 1. The summed E-state index contributed by atoms with van der Waals surface area (Å²) < 4.78 is 0. The molecule has 0 aromatic heterocycles. The normalized spacial score (nSPS) is 52.0. The van der Waals surface area contributed by atoms with Gasteiger partial charge in [0.2, 0.25) is 5.91 Å². The van der Waals surface area contributed by atoms with Crippen molar-refractivity contribution in [2.75, 3.05) is 6.61 Å². The van der Waals surface area contributed by atoms with Crippen molar-refractivity contribution in [3.8, 4) is 6.07 Å². The minimum Gasteiger partial charge on any atom is -0.396 e. The van der Waals surface area contributed by atoms with Crippen molar-refractivity contribution in [3.05, 3.63) is 0 Å². The Balaban J connectivity index is 1.43. The Hall–Kier alpha value is -1.12. The van der Waals surface area contributed by atoms with Crippen molar-refractivity contribution in [3.63, 3.8) is 0 Å². The summed E-state index contributed by atoms with van der Waals surface area (Å²) in [5.74, 6) is 1.79. The fraction of sp³-hybridized carbons (Fsp3) is 0.895. The number of fused-ring (bicyclic) bond motifs is 1. The smallest absolute Gasteiger partial charge is 0.241 e. The number of hydrogen-bond acceptors (Lipinski definition) is 4. The van der Waals surface area contributed by atoms with E-state index in [4.69, 9.17) is 5.73 Å². The van der Waals surface area contributed by atoms with Gasteiger partial charge in [-0.1, -0.05) is 0 Å². The molecule has 1 saturated heterocycles. The van der Waals surface area contributed by atoms with E-state index in [-0.39, 0.29) is 35.4 Å². The van der Waals surface area contributed by atoms with Crippen LogP contribution in [0.15, 0.2) is 0 Å². The minimum absolute atomic E-state index is 0.00371. The summed E-state index contributed by atoms with van der Waals surface area (Å²) in [4.78, 5) is 15.1. The summed E-state index contributed by atoms with van der Waals surface area (Å²) in [6, 6.07) is 1.82. The molecule has 1 amide bonds. The maximum atomic E-state index is 13.2. The Morgan fingerprint density at radius 3 is 2.58 bits per heavy atom. The summed E-state index contributed by atoms with van der Waals surface area (Å²) >= 11 is 0. The molecule has 5 heteroatoms. The molecule has 4 bridgehead atoms. The van der Waals surface area contributed by atoms with Gasteiger partial charge >= 0.3 is 0 Å². The SMILES string of the molecule is N#C[C@@H]1C[C@@H]2C[C@@H]2N1C(=O)[C@@H](N)C12CC3CC(CC(CO)(C3)C1)C2. The van der Waals surface area contributed by atoms with Crippen LogP contribution in [-0.4, -0.2) is 40.6 Å². The van der Waals surface area contributed by atoms with E-state index in [0.29, 0.717) is 17.8 Å². The fourth-order valence-corrected chi connectivity index (χ4v) is 7.39. The lowest BCUT2D eigenvalue weighted by atomic mass is 9.43. The van der Waals surface area contributed by atoms with E-state index in [2.05, 4.69) is 6.07 Å². The molecule has 0 aromatic carbocycles. The number of carbonyl (C=O) groups is 1. The lowest BCUT2D eigenvalue weighted by Gasteiger charge is -2.63. The first-order chi connectivity index (χ1) is 11.5. The summed E-state index contributed by atoms with van der Waals surface area (Å²) in [6.45, 7) is 0.234. The summed E-state index contributed by atoms with van der Waals surface area (Å²) in [5.41, 5.74) is 6.49. The molecule has 1 heterocycles. The molecule has 130 valence electrons. The van der Waals surface area contributed by atoms with Crippen LogP contribution in [0.3, 0.4) is 0 Å². The lowest BCUT2D eigenvalue weighted by molar-refractivity contribution is -0.159. The van der Waals surface area contributed by atoms with Crippen LogP contribution >= 0.6 is 0 Å². The first-order valence-corrected chi connectivity index (χ1v) is 9.57. The van der Waals surface area contributed by atoms with E-state index in [9.17, 15) is 15.2 Å². The molecule has 2 unspecified atom stereocenters. The zero-order valence-electron chi connectivity index (χ0n) is 14.2. The summed E-state index contributed by atoms with van der Waals surface area (Å²) in [6.07, 6.45) is 8.33. The molecule has 0 aromatic rings. The highest BCUT2D eigenvalue weighted by Crippen LogP contribution is 2.66. The predicted molar refractivity (Wildman–Crippen MR) is 87.4 cm³/mol. The summed E-state index contributed by atoms with van der Waals surface area (Å²) in [7, 11) is 0. The molecule has 3 N–H and O–H groups in total. The lowest BCUT2D eigenvalue weighted by Crippen LogP contribution is -2.63. The van der Waals surface area contributed by atoms with Crippen LogP contribution in [0.2, 0.25) is 0 Å². The highest BCUT2D eigenvalue weighted by Gasteiger charge is 2.62. The first-order valence-electron chi connectivity index (χ1n) is 9.57. The Morgan fingerprint density at radius 1 is 1.25 bits per heavy atom. The van der Waals surface area contributed by atoms with Crippen molar-refractivity contribution in [1.29, 1.82) is 5.26 Å².